The molecule has 0 saturated heterocycles. The smallest absolute Gasteiger partial charge is 0.371 e. The molecule has 0 fully saturated rings. The lowest BCUT2D eigenvalue weighted by Gasteiger charge is -2.14. The summed E-state index contributed by atoms with van der Waals surface area (Å²) in [4.78, 5) is 16.7. The Bertz CT molecular complexity index is 507. The fourth-order valence-corrected chi connectivity index (χ4v) is 1.46. The minimum atomic E-state index is -1.07. The number of hydrogen-bond acceptors (Lipinski definition) is 4. The fourth-order valence-electron chi connectivity index (χ4n) is 1.46. The largest absolute Gasteiger partial charge is 0.475 e. The molecular weight excluding hydrogens is 220 g/mol. The molecule has 0 unspecified atom stereocenters. The highest BCUT2D eigenvalue weighted by Crippen LogP contribution is 2.18. The van der Waals surface area contributed by atoms with Gasteiger partial charge in [0.05, 0.1) is 12.2 Å². The van der Waals surface area contributed by atoms with Crippen LogP contribution in [0.1, 0.15) is 16.2 Å². The Labute approximate surface area is 98.3 Å². The van der Waals surface area contributed by atoms with Crippen molar-refractivity contribution in [2.24, 2.45) is 0 Å². The first-order valence-electron chi connectivity index (χ1n) is 5.11. The van der Waals surface area contributed by atoms with Gasteiger partial charge < -0.3 is 14.4 Å². The maximum Gasteiger partial charge on any atom is 0.371 e. The summed E-state index contributed by atoms with van der Waals surface area (Å²) in [7, 11) is 1.82. The molecule has 1 N–H and O–H groups in total. The molecule has 0 aliphatic rings. The third-order valence-corrected chi connectivity index (χ3v) is 2.30. The lowest BCUT2D eigenvalue weighted by Crippen LogP contribution is -2.16. The van der Waals surface area contributed by atoms with Gasteiger partial charge in [0.2, 0.25) is 5.76 Å². The first-order valence-corrected chi connectivity index (χ1v) is 5.11. The number of furan rings is 1. The number of anilines is 1. The Morgan fingerprint density at radius 1 is 1.41 bits per heavy atom. The van der Waals surface area contributed by atoms with Crippen LogP contribution in [0.5, 0.6) is 0 Å². The summed E-state index contributed by atoms with van der Waals surface area (Å²) in [6.07, 6.45) is 1.72. The van der Waals surface area contributed by atoms with Crippen molar-refractivity contribution in [3.05, 3.63) is 48.0 Å². The van der Waals surface area contributed by atoms with Crippen LogP contribution in [-0.4, -0.2) is 23.1 Å². The predicted octanol–water partition coefficient (Wildman–Crippen LogP) is 2.01. The SMILES string of the molecule is CN(Cc1ccccn1)c1ccc(C(=O)O)o1. The molecule has 5 nitrogen and oxygen atoms in total. The van der Waals surface area contributed by atoms with Crippen molar-refractivity contribution in [3.63, 3.8) is 0 Å². The molecule has 0 saturated carbocycles. The summed E-state index contributed by atoms with van der Waals surface area (Å²) in [6, 6.07) is 8.72. The highest BCUT2D eigenvalue weighted by Gasteiger charge is 2.12. The molecule has 2 aromatic rings. The van der Waals surface area contributed by atoms with E-state index in [0.717, 1.165) is 5.69 Å². The maximum atomic E-state index is 10.7. The molecule has 0 aromatic carbocycles. The van der Waals surface area contributed by atoms with Crippen molar-refractivity contribution >= 4 is 11.9 Å². The van der Waals surface area contributed by atoms with Gasteiger partial charge in [-0.2, -0.15) is 0 Å². The first-order chi connectivity index (χ1) is 8.16. The summed E-state index contributed by atoms with van der Waals surface area (Å²) in [5, 5.41) is 8.75. The van der Waals surface area contributed by atoms with E-state index in [1.54, 1.807) is 17.2 Å². The van der Waals surface area contributed by atoms with Crippen LogP contribution in [0.3, 0.4) is 0 Å². The standard InChI is InChI=1S/C12H12N2O3/c1-14(8-9-4-2-3-7-13-9)11-6-5-10(17-11)12(15)16/h2-7H,8H2,1H3,(H,15,16). The van der Waals surface area contributed by atoms with Gasteiger partial charge in [-0.3, -0.25) is 4.98 Å². The number of rotatable bonds is 4. The Balaban J connectivity index is 2.09. The Morgan fingerprint density at radius 2 is 2.24 bits per heavy atom. The van der Waals surface area contributed by atoms with Gasteiger partial charge in [-0.25, -0.2) is 4.79 Å². The molecule has 0 aliphatic heterocycles. The second-order valence-electron chi connectivity index (χ2n) is 3.62. The van der Waals surface area contributed by atoms with Gasteiger partial charge in [-0.15, -0.1) is 0 Å². The Morgan fingerprint density at radius 3 is 2.82 bits per heavy atom. The molecule has 2 heterocycles. The zero-order chi connectivity index (χ0) is 12.3. The van der Waals surface area contributed by atoms with E-state index in [9.17, 15) is 4.79 Å². The summed E-state index contributed by atoms with van der Waals surface area (Å²) in [5.41, 5.74) is 0.892. The highest BCUT2D eigenvalue weighted by molar-refractivity contribution is 5.84. The van der Waals surface area contributed by atoms with Crippen LogP contribution < -0.4 is 4.90 Å². The summed E-state index contributed by atoms with van der Waals surface area (Å²) in [6.45, 7) is 0.563. The van der Waals surface area contributed by atoms with E-state index >= 15 is 0 Å². The molecule has 0 radical (unpaired) electrons. The third kappa shape index (κ3) is 2.63. The molecule has 0 spiro atoms. The van der Waals surface area contributed by atoms with Gasteiger partial charge >= 0.3 is 5.97 Å². The predicted molar refractivity (Wildman–Crippen MR) is 62.0 cm³/mol. The third-order valence-electron chi connectivity index (χ3n) is 2.30. The Hall–Kier alpha value is -2.30. The number of aromatic nitrogens is 1. The number of carboxylic acid groups (broad SMARTS) is 1. The second kappa shape index (κ2) is 4.69. The van der Waals surface area contributed by atoms with Crippen molar-refractivity contribution in [2.75, 3.05) is 11.9 Å². The average molecular weight is 232 g/mol. The lowest BCUT2D eigenvalue weighted by molar-refractivity contribution is 0.0663. The van der Waals surface area contributed by atoms with E-state index in [2.05, 4.69) is 4.98 Å². The van der Waals surface area contributed by atoms with E-state index < -0.39 is 5.97 Å². The summed E-state index contributed by atoms with van der Waals surface area (Å²) < 4.78 is 5.18. The van der Waals surface area contributed by atoms with E-state index in [4.69, 9.17) is 9.52 Å². The molecule has 2 rings (SSSR count). The minimum absolute atomic E-state index is 0.0622. The average Bonchev–Trinajstić information content (AvgIpc) is 2.79. The van der Waals surface area contributed by atoms with Crippen LogP contribution in [-0.2, 0) is 6.54 Å². The molecule has 17 heavy (non-hydrogen) atoms. The zero-order valence-electron chi connectivity index (χ0n) is 9.33. The van der Waals surface area contributed by atoms with Crippen molar-refractivity contribution in [1.82, 2.24) is 4.98 Å². The zero-order valence-corrected chi connectivity index (χ0v) is 9.33. The molecule has 0 amide bonds. The molecule has 0 aliphatic carbocycles. The van der Waals surface area contributed by atoms with Gasteiger partial charge in [-0.1, -0.05) is 6.07 Å². The molecule has 0 bridgehead atoms. The number of hydrogen-bond donors (Lipinski definition) is 1. The van der Waals surface area contributed by atoms with E-state index in [1.807, 2.05) is 25.2 Å². The Kier molecular flexibility index (Phi) is 3.09. The number of carbonyl (C=O) groups is 1. The fraction of sp³-hybridized carbons (Fsp3) is 0.167. The molecule has 88 valence electrons. The quantitative estimate of drug-likeness (QED) is 0.873. The van der Waals surface area contributed by atoms with E-state index in [0.29, 0.717) is 12.4 Å². The van der Waals surface area contributed by atoms with E-state index in [-0.39, 0.29) is 5.76 Å². The number of aromatic carboxylic acids is 1. The summed E-state index contributed by atoms with van der Waals surface area (Å²) in [5.74, 6) is -0.622. The van der Waals surface area contributed by atoms with Crippen LogP contribution >= 0.6 is 0 Å². The molecule has 0 atom stereocenters. The van der Waals surface area contributed by atoms with Crippen molar-refractivity contribution in [1.29, 1.82) is 0 Å². The number of carboxylic acids is 1. The van der Waals surface area contributed by atoms with Gasteiger partial charge in [0.15, 0.2) is 5.88 Å². The van der Waals surface area contributed by atoms with E-state index in [1.165, 1.54) is 6.07 Å². The van der Waals surface area contributed by atoms with Crippen LogP contribution in [0.25, 0.3) is 0 Å². The van der Waals surface area contributed by atoms with Gasteiger partial charge in [0, 0.05) is 19.3 Å². The van der Waals surface area contributed by atoms with Gasteiger partial charge in [0.1, 0.15) is 0 Å². The second-order valence-corrected chi connectivity index (χ2v) is 3.62. The van der Waals surface area contributed by atoms with Crippen LogP contribution in [0.4, 0.5) is 5.88 Å². The van der Waals surface area contributed by atoms with Crippen molar-refractivity contribution < 1.29 is 14.3 Å². The molecule has 2 aromatic heterocycles. The number of pyridine rings is 1. The van der Waals surface area contributed by atoms with Gasteiger partial charge in [0.25, 0.3) is 0 Å². The minimum Gasteiger partial charge on any atom is -0.475 e. The normalized spacial score (nSPS) is 10.2. The van der Waals surface area contributed by atoms with Crippen molar-refractivity contribution in [3.8, 4) is 0 Å². The molecule has 5 heteroatoms. The molecular formula is C12H12N2O3. The monoisotopic (exact) mass is 232 g/mol. The van der Waals surface area contributed by atoms with Crippen LogP contribution in [0.15, 0.2) is 40.9 Å². The summed E-state index contributed by atoms with van der Waals surface area (Å²) >= 11 is 0. The first kappa shape index (κ1) is 11.2. The topological polar surface area (TPSA) is 66.6 Å². The van der Waals surface area contributed by atoms with Crippen LogP contribution in [0, 0.1) is 0 Å². The maximum absolute atomic E-state index is 10.7. The highest BCUT2D eigenvalue weighted by atomic mass is 16.4. The van der Waals surface area contributed by atoms with Crippen molar-refractivity contribution in [2.45, 2.75) is 6.54 Å². The van der Waals surface area contributed by atoms with Crippen LogP contribution in [0.2, 0.25) is 0 Å². The lowest BCUT2D eigenvalue weighted by atomic mass is 10.3. The number of nitrogens with zero attached hydrogens (tertiary/aromatic N) is 2. The van der Waals surface area contributed by atoms with Gasteiger partial charge in [-0.05, 0) is 18.2 Å².